The van der Waals surface area contributed by atoms with Gasteiger partial charge in [-0.3, -0.25) is 18.2 Å². The number of amides is 1. The van der Waals surface area contributed by atoms with E-state index >= 15 is 0 Å². The third-order valence-electron chi connectivity index (χ3n) is 7.87. The Kier molecular flexibility index (Phi) is 9.26. The summed E-state index contributed by atoms with van der Waals surface area (Å²) in [6, 6.07) is 14.7. The molecule has 2 aliphatic rings. The van der Waals surface area contributed by atoms with Gasteiger partial charge >= 0.3 is 0 Å². The van der Waals surface area contributed by atoms with Gasteiger partial charge in [0, 0.05) is 36.4 Å². The van der Waals surface area contributed by atoms with Crippen molar-refractivity contribution in [2.45, 2.75) is 70.6 Å². The number of β-amino-alcohol motifs (C(OH)–C–C–N with tert-alkyl or cyclic N) is 1. The maximum Gasteiger partial charge on any atom is 0.251 e. The second-order valence-electron chi connectivity index (χ2n) is 11.0. The molecule has 2 unspecified atom stereocenters. The summed E-state index contributed by atoms with van der Waals surface area (Å²) in [5.41, 5.74) is 2.88. The van der Waals surface area contributed by atoms with Crippen molar-refractivity contribution in [1.82, 2.24) is 10.6 Å². The van der Waals surface area contributed by atoms with Crippen molar-refractivity contribution in [3.8, 4) is 0 Å². The number of aliphatic hydroxyl groups excluding tert-OH is 1. The molecule has 1 saturated heterocycles. The first-order valence-electron chi connectivity index (χ1n) is 13.8. The lowest BCUT2D eigenvalue weighted by Crippen LogP contribution is -2.51. The van der Waals surface area contributed by atoms with Crippen LogP contribution in [0.1, 0.15) is 62.4 Å². The van der Waals surface area contributed by atoms with Crippen LogP contribution >= 0.6 is 10.8 Å². The highest BCUT2D eigenvalue weighted by atomic mass is 32.3. The van der Waals surface area contributed by atoms with Crippen molar-refractivity contribution in [3.05, 3.63) is 59.7 Å². The molecule has 2 aromatic rings. The molecule has 1 heterocycles. The summed E-state index contributed by atoms with van der Waals surface area (Å²) < 4.78 is 23.0. The van der Waals surface area contributed by atoms with Gasteiger partial charge in [-0.05, 0) is 68.7 Å². The van der Waals surface area contributed by atoms with E-state index in [0.717, 1.165) is 36.9 Å². The third kappa shape index (κ3) is 7.01. The highest BCUT2D eigenvalue weighted by Gasteiger charge is 2.45. The lowest BCUT2D eigenvalue weighted by molar-refractivity contribution is 0.0817. The Morgan fingerprint density at radius 1 is 1.11 bits per heavy atom. The zero-order valence-electron chi connectivity index (χ0n) is 22.8. The van der Waals surface area contributed by atoms with Gasteiger partial charge in [0.15, 0.2) is 0 Å². The molecule has 0 radical (unpaired) electrons. The highest BCUT2D eigenvalue weighted by molar-refractivity contribution is 8.25. The van der Waals surface area contributed by atoms with Crippen LogP contribution in [0.25, 0.3) is 0 Å². The average Bonchev–Trinajstić information content (AvgIpc) is 3.69. The number of benzene rings is 2. The second kappa shape index (κ2) is 12.3. The van der Waals surface area contributed by atoms with E-state index in [9.17, 15) is 19.0 Å². The maximum absolute atomic E-state index is 13.6. The fourth-order valence-electron chi connectivity index (χ4n) is 5.24. The van der Waals surface area contributed by atoms with E-state index in [1.54, 1.807) is 16.4 Å². The van der Waals surface area contributed by atoms with Crippen molar-refractivity contribution in [2.24, 2.45) is 5.92 Å². The van der Waals surface area contributed by atoms with Gasteiger partial charge in [0.1, 0.15) is 0 Å². The molecule has 2 fully saturated rings. The fourth-order valence-corrected chi connectivity index (χ4v) is 6.92. The van der Waals surface area contributed by atoms with Crippen LogP contribution in [0, 0.1) is 5.92 Å². The number of nitrogens with zero attached hydrogens (tertiary/aromatic N) is 1. The van der Waals surface area contributed by atoms with Gasteiger partial charge < -0.3 is 21.1 Å². The maximum atomic E-state index is 13.6. The van der Waals surface area contributed by atoms with E-state index < -0.39 is 22.9 Å². The standard InChI is InChI=1S/C29H44N4O4S/c1-4-30-24-17-23(18-25(19-24)33-14-8-9-15-38(33,36)37)28(35)32-26(16-22-10-6-5-7-11-22)27(34)20-31-29(12-13-29)21(2)3/h5-7,10-11,17-19,21,26-27,30-31,34,36-37H,4,8-9,12-16,20H2,1-3H3,(H,32,35). The minimum Gasteiger partial charge on any atom is -0.390 e. The molecule has 1 aliphatic carbocycles. The van der Waals surface area contributed by atoms with Crippen LogP contribution in [0.5, 0.6) is 0 Å². The molecule has 2 atom stereocenters. The molecule has 1 saturated carbocycles. The van der Waals surface area contributed by atoms with Crippen LogP contribution < -0.4 is 20.3 Å². The van der Waals surface area contributed by atoms with E-state index in [4.69, 9.17) is 0 Å². The summed E-state index contributed by atoms with van der Waals surface area (Å²) in [6.45, 7) is 7.96. The summed E-state index contributed by atoms with van der Waals surface area (Å²) in [5.74, 6) is 0.506. The molecule has 9 heteroatoms. The Morgan fingerprint density at radius 3 is 2.47 bits per heavy atom. The van der Waals surface area contributed by atoms with Crippen LogP contribution in [0.4, 0.5) is 11.4 Å². The van der Waals surface area contributed by atoms with Gasteiger partial charge in [0.25, 0.3) is 5.91 Å². The lowest BCUT2D eigenvalue weighted by Gasteiger charge is -2.47. The molecule has 38 heavy (non-hydrogen) atoms. The Morgan fingerprint density at radius 2 is 1.84 bits per heavy atom. The normalized spacial score (nSPS) is 20.4. The first-order valence-corrected chi connectivity index (χ1v) is 15.5. The number of carbonyl (C=O) groups excluding carboxylic acids is 1. The second-order valence-corrected chi connectivity index (χ2v) is 13.1. The number of rotatable bonds is 12. The molecule has 1 aliphatic heterocycles. The first-order chi connectivity index (χ1) is 18.1. The van der Waals surface area contributed by atoms with Crippen LogP contribution in [0.3, 0.4) is 0 Å². The number of nitrogens with one attached hydrogen (secondary N) is 3. The predicted molar refractivity (Wildman–Crippen MR) is 157 cm³/mol. The molecule has 0 aromatic heterocycles. The van der Waals surface area contributed by atoms with Gasteiger partial charge in [0.05, 0.1) is 23.6 Å². The van der Waals surface area contributed by atoms with E-state index in [1.807, 2.05) is 43.3 Å². The monoisotopic (exact) mass is 544 g/mol. The van der Waals surface area contributed by atoms with Crippen molar-refractivity contribution < 1.29 is 19.0 Å². The highest BCUT2D eigenvalue weighted by Crippen LogP contribution is 2.50. The third-order valence-corrected chi connectivity index (χ3v) is 9.80. The van der Waals surface area contributed by atoms with Crippen molar-refractivity contribution >= 4 is 28.1 Å². The van der Waals surface area contributed by atoms with Crippen LogP contribution in [-0.4, -0.2) is 63.2 Å². The molecular weight excluding hydrogens is 500 g/mol. The molecule has 1 amide bonds. The van der Waals surface area contributed by atoms with Gasteiger partial charge in [-0.25, -0.2) is 0 Å². The van der Waals surface area contributed by atoms with Gasteiger partial charge in [-0.2, -0.15) is 0 Å². The largest absolute Gasteiger partial charge is 0.390 e. The zero-order chi connectivity index (χ0) is 27.3. The minimum absolute atomic E-state index is 0.0786. The van der Waals surface area contributed by atoms with Crippen molar-refractivity contribution in [1.29, 1.82) is 0 Å². The van der Waals surface area contributed by atoms with E-state index in [-0.39, 0.29) is 11.4 Å². The van der Waals surface area contributed by atoms with Crippen molar-refractivity contribution in [2.75, 3.05) is 35.0 Å². The number of anilines is 2. The van der Waals surface area contributed by atoms with Crippen LogP contribution in [0.15, 0.2) is 48.5 Å². The summed E-state index contributed by atoms with van der Waals surface area (Å²) in [5, 5.41) is 21.2. The molecule has 2 aromatic carbocycles. The van der Waals surface area contributed by atoms with E-state index in [2.05, 4.69) is 29.8 Å². The Bertz CT molecular complexity index is 1080. The molecule has 4 rings (SSSR count). The van der Waals surface area contributed by atoms with Crippen LogP contribution in [-0.2, 0) is 6.42 Å². The Balaban J connectivity index is 1.56. The molecule has 210 valence electrons. The SMILES string of the molecule is CCNc1cc(C(=O)NC(Cc2ccccc2)C(O)CNC2(C(C)C)CC2)cc(N2CCCCS2(O)O)c1. The first kappa shape index (κ1) is 28.7. The molecule has 6 N–H and O–H groups in total. The topological polar surface area (TPSA) is 117 Å². The molecule has 0 bridgehead atoms. The van der Waals surface area contributed by atoms with E-state index in [0.29, 0.717) is 49.0 Å². The zero-order valence-corrected chi connectivity index (χ0v) is 23.6. The number of hydrogen-bond donors (Lipinski definition) is 6. The lowest BCUT2D eigenvalue weighted by atomic mass is 9.98. The number of aliphatic hydroxyl groups is 1. The molecule has 8 nitrogen and oxygen atoms in total. The predicted octanol–water partition coefficient (Wildman–Crippen LogP) is 4.86. The molecular formula is C29H44N4O4S. The smallest absolute Gasteiger partial charge is 0.251 e. The summed E-state index contributed by atoms with van der Waals surface area (Å²) >= 11 is 0. The fraction of sp³-hybridized carbons (Fsp3) is 0.552. The molecule has 0 spiro atoms. The minimum atomic E-state index is -2.92. The van der Waals surface area contributed by atoms with E-state index in [1.165, 1.54) is 0 Å². The van der Waals surface area contributed by atoms with Crippen LogP contribution in [0.2, 0.25) is 0 Å². The van der Waals surface area contributed by atoms with Gasteiger partial charge in [-0.15, -0.1) is 10.8 Å². The van der Waals surface area contributed by atoms with Crippen molar-refractivity contribution in [3.63, 3.8) is 0 Å². The number of carbonyl (C=O) groups is 1. The summed E-state index contributed by atoms with van der Waals surface area (Å²) in [7, 11) is -2.92. The Hall–Kier alpha value is -2.30. The van der Waals surface area contributed by atoms with Gasteiger partial charge in [0.2, 0.25) is 0 Å². The summed E-state index contributed by atoms with van der Waals surface area (Å²) in [4.78, 5) is 13.6. The quantitative estimate of drug-likeness (QED) is 0.226. The van der Waals surface area contributed by atoms with Gasteiger partial charge in [-0.1, -0.05) is 44.2 Å². The average molecular weight is 545 g/mol. The number of hydrogen-bond acceptors (Lipinski definition) is 7. The summed E-state index contributed by atoms with van der Waals surface area (Å²) in [6.07, 6.45) is 3.55. The Labute approximate surface area is 228 Å².